The van der Waals surface area contributed by atoms with Crippen LogP contribution in [-0.2, 0) is 0 Å². The Kier molecular flexibility index (Phi) is 3.96. The number of nitrogens with one attached hydrogen (secondary N) is 2. The summed E-state index contributed by atoms with van der Waals surface area (Å²) in [6.07, 6.45) is 2.94. The van der Waals surface area contributed by atoms with Crippen molar-refractivity contribution < 1.29 is 9.18 Å². The van der Waals surface area contributed by atoms with Gasteiger partial charge in [-0.2, -0.15) is 5.10 Å². The molecule has 0 unspecified atom stereocenters. The third kappa shape index (κ3) is 3.07. The minimum absolute atomic E-state index is 0.0316. The molecule has 1 aromatic rings. The molecule has 6 heteroatoms. The van der Waals surface area contributed by atoms with Crippen LogP contribution in [0.5, 0.6) is 0 Å². The topological polar surface area (TPSA) is 59.0 Å². The number of hydrogen-bond donors (Lipinski definition) is 2. The highest BCUT2D eigenvalue weighted by molar-refractivity contribution is 5.93. The second-order valence-electron chi connectivity index (χ2n) is 4.95. The van der Waals surface area contributed by atoms with Gasteiger partial charge in [-0.15, -0.1) is 0 Å². The summed E-state index contributed by atoms with van der Waals surface area (Å²) in [6.45, 7) is 4.83. The highest BCUT2D eigenvalue weighted by Crippen LogP contribution is 2.09. The molecule has 5 nitrogen and oxygen atoms in total. The van der Waals surface area contributed by atoms with Gasteiger partial charge in [0.05, 0.1) is 11.8 Å². The predicted molar refractivity (Wildman–Crippen MR) is 66.2 cm³/mol. The number of carbonyl (C=O) groups excluding carboxylic acids is 1. The molecular formula is C12H19FN4O. The number of halogens is 1. The highest BCUT2D eigenvalue weighted by Gasteiger charge is 2.23. The molecule has 2 atom stereocenters. The lowest BCUT2D eigenvalue weighted by Crippen LogP contribution is -2.37. The van der Waals surface area contributed by atoms with Gasteiger partial charge in [0.1, 0.15) is 6.17 Å². The summed E-state index contributed by atoms with van der Waals surface area (Å²) in [7, 11) is 0. The standard InChI is InChI=1S/C12H19FN4O/c1-8(2)17-7-9(4-16-17)12(18)15-6-11-3-10(13)5-14-11/h4,7-8,10-11,14H,3,5-6H2,1-2H3,(H,15,18)/t10-,11-/m0/s1. The SMILES string of the molecule is CC(C)n1cc(C(=O)NC[C@@H]2C[C@H](F)CN2)cn1. The van der Waals surface area contributed by atoms with Crippen LogP contribution in [0.3, 0.4) is 0 Å². The minimum Gasteiger partial charge on any atom is -0.350 e. The second kappa shape index (κ2) is 5.48. The molecular weight excluding hydrogens is 235 g/mol. The first-order valence-electron chi connectivity index (χ1n) is 6.26. The lowest BCUT2D eigenvalue weighted by Gasteiger charge is -2.10. The maximum absolute atomic E-state index is 12.9. The average Bonchev–Trinajstić information content (AvgIpc) is 2.94. The maximum Gasteiger partial charge on any atom is 0.254 e. The molecule has 1 aromatic heterocycles. The van der Waals surface area contributed by atoms with Crippen LogP contribution >= 0.6 is 0 Å². The van der Waals surface area contributed by atoms with Gasteiger partial charge >= 0.3 is 0 Å². The lowest BCUT2D eigenvalue weighted by atomic mass is 10.2. The predicted octanol–water partition coefficient (Wildman–Crippen LogP) is 0.894. The van der Waals surface area contributed by atoms with Crippen molar-refractivity contribution in [2.75, 3.05) is 13.1 Å². The van der Waals surface area contributed by atoms with Crippen LogP contribution in [0, 0.1) is 0 Å². The number of alkyl halides is 1. The van der Waals surface area contributed by atoms with Crippen molar-refractivity contribution in [1.82, 2.24) is 20.4 Å². The Morgan fingerprint density at radius 2 is 2.50 bits per heavy atom. The summed E-state index contributed by atoms with van der Waals surface area (Å²) in [5.74, 6) is -0.161. The van der Waals surface area contributed by atoms with Gasteiger partial charge in [0.15, 0.2) is 0 Å². The van der Waals surface area contributed by atoms with Crippen molar-refractivity contribution in [3.8, 4) is 0 Å². The monoisotopic (exact) mass is 254 g/mol. The van der Waals surface area contributed by atoms with Crippen LogP contribution < -0.4 is 10.6 Å². The van der Waals surface area contributed by atoms with E-state index in [1.807, 2.05) is 13.8 Å². The zero-order valence-corrected chi connectivity index (χ0v) is 10.7. The third-order valence-electron chi connectivity index (χ3n) is 3.07. The number of amides is 1. The first kappa shape index (κ1) is 13.0. The number of rotatable bonds is 4. The first-order valence-corrected chi connectivity index (χ1v) is 6.26. The smallest absolute Gasteiger partial charge is 0.254 e. The highest BCUT2D eigenvalue weighted by atomic mass is 19.1. The van der Waals surface area contributed by atoms with Crippen LogP contribution in [-0.4, -0.2) is 41.0 Å². The Bertz CT molecular complexity index is 418. The molecule has 0 bridgehead atoms. The minimum atomic E-state index is -0.796. The van der Waals surface area contributed by atoms with Crippen LogP contribution in [0.4, 0.5) is 4.39 Å². The van der Waals surface area contributed by atoms with Crippen molar-refractivity contribution in [2.24, 2.45) is 0 Å². The van der Waals surface area contributed by atoms with Gasteiger partial charge < -0.3 is 10.6 Å². The van der Waals surface area contributed by atoms with Gasteiger partial charge in [-0.25, -0.2) is 4.39 Å². The summed E-state index contributed by atoms with van der Waals surface area (Å²) >= 11 is 0. The zero-order chi connectivity index (χ0) is 13.1. The van der Waals surface area contributed by atoms with Crippen LogP contribution in [0.1, 0.15) is 36.7 Å². The van der Waals surface area contributed by atoms with Crippen LogP contribution in [0.2, 0.25) is 0 Å². The molecule has 0 aliphatic carbocycles. The van der Waals surface area contributed by atoms with Crippen molar-refractivity contribution in [1.29, 1.82) is 0 Å². The molecule has 0 radical (unpaired) electrons. The molecule has 0 spiro atoms. The quantitative estimate of drug-likeness (QED) is 0.839. The van der Waals surface area contributed by atoms with Gasteiger partial charge in [0, 0.05) is 31.4 Å². The van der Waals surface area contributed by atoms with E-state index in [1.54, 1.807) is 17.1 Å². The van der Waals surface area contributed by atoms with Crippen LogP contribution in [0.15, 0.2) is 12.4 Å². The normalized spacial score (nSPS) is 23.6. The Morgan fingerprint density at radius 3 is 3.06 bits per heavy atom. The van der Waals surface area contributed by atoms with Gasteiger partial charge in [0.25, 0.3) is 5.91 Å². The molecule has 0 saturated carbocycles. The molecule has 1 saturated heterocycles. The Balaban J connectivity index is 1.83. The number of aromatic nitrogens is 2. The van der Waals surface area contributed by atoms with Gasteiger partial charge in [0.2, 0.25) is 0 Å². The maximum atomic E-state index is 12.9. The van der Waals surface area contributed by atoms with Gasteiger partial charge in [-0.3, -0.25) is 9.48 Å². The molecule has 1 aliphatic rings. The fraction of sp³-hybridized carbons (Fsp3) is 0.667. The molecule has 100 valence electrons. The van der Waals surface area contributed by atoms with E-state index in [9.17, 15) is 9.18 Å². The molecule has 2 rings (SSSR count). The fourth-order valence-corrected chi connectivity index (χ4v) is 1.98. The van der Waals surface area contributed by atoms with Crippen molar-refractivity contribution >= 4 is 5.91 Å². The lowest BCUT2D eigenvalue weighted by molar-refractivity contribution is 0.0950. The van der Waals surface area contributed by atoms with Gasteiger partial charge in [-0.1, -0.05) is 0 Å². The largest absolute Gasteiger partial charge is 0.350 e. The molecule has 2 N–H and O–H groups in total. The molecule has 1 fully saturated rings. The van der Waals surface area contributed by atoms with E-state index in [4.69, 9.17) is 0 Å². The summed E-state index contributed by atoms with van der Waals surface area (Å²) in [6, 6.07) is 0.263. The number of nitrogens with zero attached hydrogens (tertiary/aromatic N) is 2. The number of carbonyl (C=O) groups is 1. The van der Waals surface area contributed by atoms with E-state index in [-0.39, 0.29) is 18.0 Å². The van der Waals surface area contributed by atoms with E-state index in [1.165, 1.54) is 0 Å². The van der Waals surface area contributed by atoms with Crippen molar-refractivity contribution in [3.05, 3.63) is 18.0 Å². The second-order valence-corrected chi connectivity index (χ2v) is 4.95. The number of hydrogen-bond acceptors (Lipinski definition) is 3. The average molecular weight is 254 g/mol. The van der Waals surface area contributed by atoms with E-state index in [0.29, 0.717) is 25.1 Å². The Hall–Kier alpha value is -1.43. The molecule has 2 heterocycles. The van der Waals surface area contributed by atoms with Crippen LogP contribution in [0.25, 0.3) is 0 Å². The summed E-state index contributed by atoms with van der Waals surface area (Å²) in [5, 5.41) is 9.93. The molecule has 0 aromatic carbocycles. The third-order valence-corrected chi connectivity index (χ3v) is 3.07. The molecule has 18 heavy (non-hydrogen) atoms. The summed E-state index contributed by atoms with van der Waals surface area (Å²) < 4.78 is 14.7. The summed E-state index contributed by atoms with van der Waals surface area (Å²) in [5.41, 5.74) is 0.540. The van der Waals surface area contributed by atoms with E-state index >= 15 is 0 Å². The van der Waals surface area contributed by atoms with E-state index < -0.39 is 6.17 Å². The fourth-order valence-electron chi connectivity index (χ4n) is 1.98. The molecule has 1 amide bonds. The zero-order valence-electron chi connectivity index (χ0n) is 10.7. The van der Waals surface area contributed by atoms with Crippen molar-refractivity contribution in [2.45, 2.75) is 38.5 Å². The van der Waals surface area contributed by atoms with Crippen molar-refractivity contribution in [3.63, 3.8) is 0 Å². The Morgan fingerprint density at radius 1 is 1.72 bits per heavy atom. The van der Waals surface area contributed by atoms with E-state index in [0.717, 1.165) is 0 Å². The Labute approximate surface area is 106 Å². The first-order chi connectivity index (χ1) is 8.56. The molecule has 1 aliphatic heterocycles. The summed E-state index contributed by atoms with van der Waals surface area (Å²) in [4.78, 5) is 11.8. The van der Waals surface area contributed by atoms with E-state index in [2.05, 4.69) is 15.7 Å². The van der Waals surface area contributed by atoms with Gasteiger partial charge in [-0.05, 0) is 20.3 Å².